The van der Waals surface area contributed by atoms with Crippen LogP contribution < -0.4 is 5.32 Å². The van der Waals surface area contributed by atoms with Crippen molar-refractivity contribution in [1.29, 1.82) is 0 Å². The smallest absolute Gasteiger partial charge is 0.277 e. The number of H-pyrrole nitrogens is 1. The number of nitrogens with one attached hydrogen (secondary N) is 2. The van der Waals surface area contributed by atoms with E-state index in [1.807, 2.05) is 11.6 Å². The van der Waals surface area contributed by atoms with E-state index in [0.29, 0.717) is 23.7 Å². The van der Waals surface area contributed by atoms with E-state index in [9.17, 15) is 9.18 Å². The first-order chi connectivity index (χ1) is 16.6. The third-order valence-electron chi connectivity index (χ3n) is 5.77. The third kappa shape index (κ3) is 4.44. The van der Waals surface area contributed by atoms with E-state index in [1.165, 1.54) is 12.5 Å². The number of ether oxygens (including phenoxy) is 1. The van der Waals surface area contributed by atoms with E-state index in [0.717, 1.165) is 25.7 Å². The fourth-order valence-electron chi connectivity index (χ4n) is 4.10. The zero-order valence-corrected chi connectivity index (χ0v) is 18.4. The highest BCUT2D eigenvalue weighted by molar-refractivity contribution is 6.04. The van der Waals surface area contributed by atoms with Gasteiger partial charge in [0.15, 0.2) is 5.69 Å². The molecule has 0 aromatic carbocycles. The lowest BCUT2D eigenvalue weighted by Crippen LogP contribution is -2.24. The van der Waals surface area contributed by atoms with Gasteiger partial charge < -0.3 is 14.5 Å². The van der Waals surface area contributed by atoms with Gasteiger partial charge in [0.25, 0.3) is 5.91 Å². The number of hydrogen-bond donors (Lipinski definition) is 2. The van der Waals surface area contributed by atoms with Crippen molar-refractivity contribution in [3.63, 3.8) is 0 Å². The molecule has 0 spiro atoms. The molecule has 1 aliphatic carbocycles. The van der Waals surface area contributed by atoms with E-state index >= 15 is 0 Å². The maximum absolute atomic E-state index is 13.7. The molecule has 34 heavy (non-hydrogen) atoms. The van der Waals surface area contributed by atoms with Crippen LogP contribution in [0.3, 0.4) is 0 Å². The molecular formula is C22H23FN8O3. The second kappa shape index (κ2) is 9.51. The highest BCUT2D eigenvalue weighted by Crippen LogP contribution is 2.33. The van der Waals surface area contributed by atoms with Crippen LogP contribution in [0.4, 0.5) is 10.1 Å². The second-order valence-corrected chi connectivity index (χ2v) is 7.94. The molecule has 5 rings (SSSR count). The summed E-state index contributed by atoms with van der Waals surface area (Å²) in [4.78, 5) is 25.5. The van der Waals surface area contributed by atoms with Gasteiger partial charge in [-0.15, -0.1) is 0 Å². The highest BCUT2D eigenvalue weighted by Gasteiger charge is 2.26. The number of aromatic amines is 1. The van der Waals surface area contributed by atoms with Gasteiger partial charge in [-0.1, -0.05) is 0 Å². The monoisotopic (exact) mass is 466 g/mol. The first kappa shape index (κ1) is 21.9. The maximum Gasteiger partial charge on any atom is 0.277 e. The summed E-state index contributed by atoms with van der Waals surface area (Å²) in [5, 5.41) is 13.3. The topological polar surface area (TPSA) is 137 Å². The number of aromatic nitrogens is 7. The van der Waals surface area contributed by atoms with Crippen LogP contribution in [-0.2, 0) is 4.74 Å². The van der Waals surface area contributed by atoms with Crippen LogP contribution in [0.15, 0.2) is 41.7 Å². The van der Waals surface area contributed by atoms with E-state index in [2.05, 4.69) is 30.5 Å². The lowest BCUT2D eigenvalue weighted by Gasteiger charge is -2.28. The number of rotatable bonds is 7. The van der Waals surface area contributed by atoms with Crippen LogP contribution in [-0.4, -0.2) is 53.5 Å². The molecule has 176 valence electrons. The third-order valence-corrected chi connectivity index (χ3v) is 5.77. The molecule has 0 saturated heterocycles. The Bertz CT molecular complexity index is 1260. The summed E-state index contributed by atoms with van der Waals surface area (Å²) in [6, 6.07) is 0.181. The number of amides is 1. The standard InChI is InChI=1S/C22H23FN8O3/c1-2-33-14-5-3-13(4-6-14)31-11-17(19(30-31)16-10-24-7-8-25-16)27-21(32)18-12-34-22(28-18)15-9-26-29-20(15)23/h7-14H,2-6H2,1H3,(H,26,29)(H,27,32). The Morgan fingerprint density at radius 2 is 2.15 bits per heavy atom. The summed E-state index contributed by atoms with van der Waals surface area (Å²) in [5.41, 5.74) is 1.52. The van der Waals surface area contributed by atoms with Gasteiger partial charge in [-0.05, 0) is 32.6 Å². The average molecular weight is 466 g/mol. The second-order valence-electron chi connectivity index (χ2n) is 7.94. The average Bonchev–Trinajstić information content (AvgIpc) is 3.60. The van der Waals surface area contributed by atoms with Gasteiger partial charge in [-0.3, -0.25) is 24.5 Å². The Labute approximate surface area is 193 Å². The van der Waals surface area contributed by atoms with Gasteiger partial charge in [0, 0.05) is 25.2 Å². The van der Waals surface area contributed by atoms with Gasteiger partial charge in [-0.25, -0.2) is 4.98 Å². The van der Waals surface area contributed by atoms with Gasteiger partial charge in [0.2, 0.25) is 11.8 Å². The van der Waals surface area contributed by atoms with Crippen LogP contribution in [0.2, 0.25) is 0 Å². The lowest BCUT2D eigenvalue weighted by molar-refractivity contribution is 0.0260. The molecular weight excluding hydrogens is 443 g/mol. The summed E-state index contributed by atoms with van der Waals surface area (Å²) in [6.45, 7) is 2.71. The Balaban J connectivity index is 1.39. The molecule has 1 aliphatic rings. The minimum atomic E-state index is -0.695. The van der Waals surface area contributed by atoms with Crippen LogP contribution in [0.5, 0.6) is 0 Å². The van der Waals surface area contributed by atoms with Crippen LogP contribution in [0.25, 0.3) is 22.8 Å². The van der Waals surface area contributed by atoms with Crippen LogP contribution >= 0.6 is 0 Å². The van der Waals surface area contributed by atoms with Gasteiger partial charge in [0.1, 0.15) is 23.2 Å². The Morgan fingerprint density at radius 3 is 2.85 bits per heavy atom. The molecule has 4 heterocycles. The summed E-state index contributed by atoms with van der Waals surface area (Å²) >= 11 is 0. The van der Waals surface area contributed by atoms with Crippen molar-refractivity contribution >= 4 is 11.6 Å². The quantitative estimate of drug-likeness (QED) is 0.421. The molecule has 4 aromatic rings. The molecule has 0 atom stereocenters. The number of carbonyl (C=O) groups excluding carboxylic acids is 1. The van der Waals surface area contributed by atoms with E-state index in [4.69, 9.17) is 14.3 Å². The summed E-state index contributed by atoms with van der Waals surface area (Å²) in [5.74, 6) is -1.27. The molecule has 0 radical (unpaired) electrons. The molecule has 12 heteroatoms. The molecule has 11 nitrogen and oxygen atoms in total. The van der Waals surface area contributed by atoms with E-state index in [-0.39, 0.29) is 29.3 Å². The minimum Gasteiger partial charge on any atom is -0.443 e. The zero-order chi connectivity index (χ0) is 23.5. The number of hydrogen-bond acceptors (Lipinski definition) is 8. The van der Waals surface area contributed by atoms with Gasteiger partial charge in [0.05, 0.1) is 30.2 Å². The molecule has 0 bridgehead atoms. The molecule has 1 saturated carbocycles. The highest BCUT2D eigenvalue weighted by atomic mass is 19.1. The molecule has 0 unspecified atom stereocenters. The van der Waals surface area contributed by atoms with Gasteiger partial charge >= 0.3 is 0 Å². The molecule has 0 aliphatic heterocycles. The number of nitrogens with zero attached hydrogens (tertiary/aromatic N) is 6. The van der Waals surface area contributed by atoms with E-state index < -0.39 is 11.9 Å². The van der Waals surface area contributed by atoms with Crippen molar-refractivity contribution in [2.75, 3.05) is 11.9 Å². The Morgan fingerprint density at radius 1 is 1.29 bits per heavy atom. The van der Waals surface area contributed by atoms with Crippen molar-refractivity contribution in [2.24, 2.45) is 0 Å². The van der Waals surface area contributed by atoms with Crippen LogP contribution in [0.1, 0.15) is 49.1 Å². The lowest BCUT2D eigenvalue weighted by atomic mass is 9.93. The number of carbonyl (C=O) groups is 1. The zero-order valence-electron chi connectivity index (χ0n) is 18.4. The number of anilines is 1. The predicted molar refractivity (Wildman–Crippen MR) is 118 cm³/mol. The minimum absolute atomic E-state index is 0.00864. The molecule has 1 fully saturated rings. The summed E-state index contributed by atoms with van der Waals surface area (Å²) in [7, 11) is 0. The fraction of sp³-hybridized carbons (Fsp3) is 0.364. The predicted octanol–water partition coefficient (Wildman–Crippen LogP) is 3.63. The first-order valence-corrected chi connectivity index (χ1v) is 11.1. The SMILES string of the molecule is CCOC1CCC(n2cc(NC(=O)c3coc(-c4cn[nH]c4F)n3)c(-c3cnccn3)n2)CC1. The Kier molecular flexibility index (Phi) is 6.12. The van der Waals surface area contributed by atoms with Crippen molar-refractivity contribution < 1.29 is 18.3 Å². The summed E-state index contributed by atoms with van der Waals surface area (Å²) < 4.78 is 26.6. The molecule has 2 N–H and O–H groups in total. The van der Waals surface area contributed by atoms with Crippen LogP contribution in [0, 0.1) is 5.95 Å². The molecule has 1 amide bonds. The number of oxazole rings is 1. The molecule has 4 aromatic heterocycles. The van der Waals surface area contributed by atoms with Crippen molar-refractivity contribution in [1.82, 2.24) is 34.9 Å². The Hall–Kier alpha value is -3.93. The van der Waals surface area contributed by atoms with Crippen molar-refractivity contribution in [3.05, 3.63) is 48.9 Å². The summed E-state index contributed by atoms with van der Waals surface area (Å²) in [6.07, 6.45) is 12.9. The largest absolute Gasteiger partial charge is 0.443 e. The maximum atomic E-state index is 13.7. The van der Waals surface area contributed by atoms with Gasteiger partial charge in [-0.2, -0.15) is 14.6 Å². The fourth-order valence-corrected chi connectivity index (χ4v) is 4.10. The van der Waals surface area contributed by atoms with E-state index in [1.54, 1.807) is 24.8 Å². The van der Waals surface area contributed by atoms with Crippen molar-refractivity contribution in [3.8, 4) is 22.8 Å². The number of halogens is 1. The normalized spacial score (nSPS) is 18.2. The first-order valence-electron chi connectivity index (χ1n) is 11.1. The van der Waals surface area contributed by atoms with Crippen molar-refractivity contribution in [2.45, 2.75) is 44.8 Å².